The fourth-order valence-corrected chi connectivity index (χ4v) is 3.46. The van der Waals surface area contributed by atoms with E-state index in [2.05, 4.69) is 4.72 Å². The second-order valence-electron chi connectivity index (χ2n) is 4.88. The summed E-state index contributed by atoms with van der Waals surface area (Å²) in [6.45, 7) is 5.52. The lowest BCUT2D eigenvalue weighted by molar-refractivity contribution is -0.150. The number of benzene rings is 1. The molecule has 0 aromatic heterocycles. The Morgan fingerprint density at radius 1 is 1.43 bits per heavy atom. The topological polar surface area (TPSA) is 81.7 Å². The smallest absolute Gasteiger partial charge is 0.347 e. The summed E-state index contributed by atoms with van der Waals surface area (Å²) < 4.78 is 37.0. The van der Waals surface area contributed by atoms with Crippen LogP contribution in [0.4, 0.5) is 0 Å². The van der Waals surface area contributed by atoms with E-state index in [-0.39, 0.29) is 11.5 Å². The summed E-state index contributed by atoms with van der Waals surface area (Å²) in [5.41, 5.74) is 2.06. The summed E-state index contributed by atoms with van der Waals surface area (Å²) in [5.74, 6) is 0.157. The second-order valence-corrected chi connectivity index (χ2v) is 6.74. The lowest BCUT2D eigenvalue weighted by Gasteiger charge is -2.13. The molecule has 0 saturated carbocycles. The van der Waals surface area contributed by atoms with Gasteiger partial charge in [-0.25, -0.2) is 17.9 Å². The van der Waals surface area contributed by atoms with Gasteiger partial charge in [0.05, 0.1) is 11.5 Å². The van der Waals surface area contributed by atoms with Crippen LogP contribution >= 0.6 is 0 Å². The van der Waals surface area contributed by atoms with E-state index in [1.165, 1.54) is 7.05 Å². The van der Waals surface area contributed by atoms with Crippen LogP contribution in [0.3, 0.4) is 0 Å². The van der Waals surface area contributed by atoms with Crippen molar-refractivity contribution in [1.82, 2.24) is 4.72 Å². The van der Waals surface area contributed by atoms with E-state index in [1.54, 1.807) is 26.8 Å². The first-order valence-corrected chi connectivity index (χ1v) is 8.20. The van der Waals surface area contributed by atoms with Gasteiger partial charge in [0.15, 0.2) is 6.10 Å². The summed E-state index contributed by atoms with van der Waals surface area (Å²) in [7, 11) is -2.17. The maximum absolute atomic E-state index is 12.0. The first-order valence-electron chi connectivity index (χ1n) is 6.71. The van der Waals surface area contributed by atoms with Crippen LogP contribution in [0, 0.1) is 13.8 Å². The van der Waals surface area contributed by atoms with Gasteiger partial charge in [-0.2, -0.15) is 0 Å². The van der Waals surface area contributed by atoms with Crippen LogP contribution in [0.1, 0.15) is 23.6 Å². The van der Waals surface area contributed by atoms with Gasteiger partial charge in [-0.15, -0.1) is 0 Å². The number of nitrogens with one attached hydrogen (secondary N) is 1. The zero-order chi connectivity index (χ0) is 15.8. The maximum atomic E-state index is 12.0. The van der Waals surface area contributed by atoms with Crippen molar-refractivity contribution in [3.05, 3.63) is 22.8 Å². The molecule has 116 valence electrons. The fourth-order valence-electron chi connectivity index (χ4n) is 2.38. The molecular weight excluding hydrogens is 294 g/mol. The predicted octanol–water partition coefficient (Wildman–Crippen LogP) is 1.08. The van der Waals surface area contributed by atoms with Crippen LogP contribution < -0.4 is 9.46 Å². The van der Waals surface area contributed by atoms with Crippen LogP contribution in [0.25, 0.3) is 0 Å². The number of ether oxygens (including phenoxy) is 2. The molecule has 1 atom stereocenters. The standard InChI is InChI=1S/C14H19NO5S/c1-5-19-14(16)11-6-10-7-12(21(17,18)15-4)8(2)9(3)13(10)20-11/h7,11,15H,5-6H2,1-4H3. The average Bonchev–Trinajstić information content (AvgIpc) is 2.87. The van der Waals surface area contributed by atoms with Crippen LogP contribution in [0.5, 0.6) is 5.75 Å². The van der Waals surface area contributed by atoms with Crippen LogP contribution in [-0.4, -0.2) is 34.1 Å². The molecule has 1 heterocycles. The molecule has 1 aromatic rings. The van der Waals surface area contributed by atoms with Crippen molar-refractivity contribution in [2.75, 3.05) is 13.7 Å². The molecular formula is C14H19NO5S. The third-order valence-corrected chi connectivity index (χ3v) is 5.18. The molecule has 1 aliphatic rings. The molecule has 0 aliphatic carbocycles. The molecule has 1 aliphatic heterocycles. The molecule has 2 rings (SSSR count). The molecule has 1 unspecified atom stereocenters. The minimum Gasteiger partial charge on any atom is -0.478 e. The van der Waals surface area contributed by atoms with Crippen molar-refractivity contribution < 1.29 is 22.7 Å². The minimum absolute atomic E-state index is 0.217. The van der Waals surface area contributed by atoms with Gasteiger partial charge >= 0.3 is 5.97 Å². The Kier molecular flexibility index (Phi) is 4.25. The fraction of sp³-hybridized carbons (Fsp3) is 0.500. The van der Waals surface area contributed by atoms with Gasteiger partial charge in [0, 0.05) is 12.0 Å². The van der Waals surface area contributed by atoms with Crippen molar-refractivity contribution in [3.8, 4) is 5.75 Å². The summed E-state index contributed by atoms with van der Waals surface area (Å²) in [6, 6.07) is 1.57. The van der Waals surface area contributed by atoms with E-state index in [4.69, 9.17) is 9.47 Å². The number of hydrogen-bond donors (Lipinski definition) is 1. The number of carbonyl (C=O) groups is 1. The lowest BCUT2D eigenvalue weighted by atomic mass is 10.0. The van der Waals surface area contributed by atoms with E-state index in [9.17, 15) is 13.2 Å². The van der Waals surface area contributed by atoms with Crippen molar-refractivity contribution in [1.29, 1.82) is 0 Å². The van der Waals surface area contributed by atoms with Gasteiger partial charge in [0.25, 0.3) is 0 Å². The van der Waals surface area contributed by atoms with Crippen LogP contribution in [0.15, 0.2) is 11.0 Å². The highest BCUT2D eigenvalue weighted by Gasteiger charge is 2.33. The quantitative estimate of drug-likeness (QED) is 0.841. The number of fused-ring (bicyclic) bond motifs is 1. The van der Waals surface area contributed by atoms with Gasteiger partial charge in [-0.3, -0.25) is 0 Å². The third kappa shape index (κ3) is 2.75. The van der Waals surface area contributed by atoms with Crippen LogP contribution in [-0.2, 0) is 26.0 Å². The van der Waals surface area contributed by atoms with Gasteiger partial charge in [-0.1, -0.05) is 0 Å². The van der Waals surface area contributed by atoms with E-state index < -0.39 is 22.1 Å². The average molecular weight is 313 g/mol. The molecule has 21 heavy (non-hydrogen) atoms. The number of sulfonamides is 1. The number of rotatable bonds is 4. The van der Waals surface area contributed by atoms with Crippen molar-refractivity contribution in [3.63, 3.8) is 0 Å². The molecule has 6 nitrogen and oxygen atoms in total. The summed E-state index contributed by atoms with van der Waals surface area (Å²) in [4.78, 5) is 12.0. The minimum atomic E-state index is -3.54. The SMILES string of the molecule is CCOC(=O)C1Cc2cc(S(=O)(=O)NC)c(C)c(C)c2O1. The van der Waals surface area contributed by atoms with E-state index in [1.807, 2.05) is 0 Å². The van der Waals surface area contributed by atoms with Gasteiger partial charge in [0.2, 0.25) is 10.0 Å². The van der Waals surface area contributed by atoms with Crippen LogP contribution in [0.2, 0.25) is 0 Å². The Hall–Kier alpha value is -1.60. The molecule has 7 heteroatoms. The predicted molar refractivity (Wildman–Crippen MR) is 76.9 cm³/mol. The van der Waals surface area contributed by atoms with Crippen molar-refractivity contribution in [2.24, 2.45) is 0 Å². The van der Waals surface area contributed by atoms with E-state index >= 15 is 0 Å². The highest BCUT2D eigenvalue weighted by atomic mass is 32.2. The maximum Gasteiger partial charge on any atom is 0.347 e. The third-order valence-electron chi connectivity index (χ3n) is 3.64. The zero-order valence-electron chi connectivity index (χ0n) is 12.5. The van der Waals surface area contributed by atoms with Gasteiger partial charge < -0.3 is 9.47 Å². The number of hydrogen-bond acceptors (Lipinski definition) is 5. The Morgan fingerprint density at radius 2 is 2.10 bits per heavy atom. The summed E-state index contributed by atoms with van der Waals surface area (Å²) >= 11 is 0. The van der Waals surface area contributed by atoms with Gasteiger partial charge in [0.1, 0.15) is 5.75 Å². The summed E-state index contributed by atoms with van der Waals surface area (Å²) in [6.07, 6.45) is -0.382. The largest absolute Gasteiger partial charge is 0.478 e. The summed E-state index contributed by atoms with van der Waals surface area (Å²) in [5, 5.41) is 0. The zero-order valence-corrected chi connectivity index (χ0v) is 13.3. The molecule has 0 fully saturated rings. The molecule has 0 radical (unpaired) electrons. The van der Waals surface area contributed by atoms with Gasteiger partial charge in [-0.05, 0) is 45.0 Å². The van der Waals surface area contributed by atoms with E-state index in [0.717, 1.165) is 5.56 Å². The number of esters is 1. The molecule has 1 N–H and O–H groups in total. The molecule has 1 aromatic carbocycles. The Balaban J connectivity index is 2.44. The Morgan fingerprint density at radius 3 is 2.67 bits per heavy atom. The first-order chi connectivity index (χ1) is 9.81. The lowest BCUT2D eigenvalue weighted by Crippen LogP contribution is -2.27. The van der Waals surface area contributed by atoms with E-state index in [0.29, 0.717) is 23.3 Å². The molecule has 0 amide bonds. The number of carbonyl (C=O) groups excluding carboxylic acids is 1. The monoisotopic (exact) mass is 313 g/mol. The first kappa shape index (κ1) is 15.8. The van der Waals surface area contributed by atoms with Crippen molar-refractivity contribution >= 4 is 16.0 Å². The normalized spacial score (nSPS) is 17.2. The van der Waals surface area contributed by atoms with Crippen molar-refractivity contribution in [2.45, 2.75) is 38.2 Å². The molecule has 0 bridgehead atoms. The second kappa shape index (κ2) is 5.65. The molecule has 0 spiro atoms. The highest BCUT2D eigenvalue weighted by molar-refractivity contribution is 7.89. The Bertz CT molecular complexity index is 681. The Labute approximate surface area is 124 Å². The molecule has 0 saturated heterocycles. The highest BCUT2D eigenvalue weighted by Crippen LogP contribution is 2.37.